The molecule has 222 valence electrons. The lowest BCUT2D eigenvalue weighted by Crippen LogP contribution is -2.52. The second kappa shape index (κ2) is 9.70. The minimum atomic E-state index is -0.669. The molecule has 5 aliphatic rings. The van der Waals surface area contributed by atoms with Crippen LogP contribution < -0.4 is 0 Å². The summed E-state index contributed by atoms with van der Waals surface area (Å²) in [5.74, 6) is -1.59. The number of fused-ring (bicyclic) bond motifs is 3. The number of benzene rings is 2. The highest BCUT2D eigenvalue weighted by molar-refractivity contribution is 6.31. The number of hydrogen-bond donors (Lipinski definition) is 0. The maximum absolute atomic E-state index is 12.9. The van der Waals surface area contributed by atoms with Crippen LogP contribution in [0.15, 0.2) is 53.1 Å². The fraction of sp³-hybridized carbons (Fsp3) is 0.294. The molecule has 8 amide bonds. The van der Waals surface area contributed by atoms with Gasteiger partial charge in [0.15, 0.2) is 0 Å². The second-order valence-corrected chi connectivity index (χ2v) is 12.1. The quantitative estimate of drug-likeness (QED) is 0.333. The van der Waals surface area contributed by atoms with Gasteiger partial charge in [-0.1, -0.05) is 29.8 Å². The molecule has 2 saturated heterocycles. The van der Waals surface area contributed by atoms with Gasteiger partial charge in [-0.25, -0.2) is 9.59 Å². The van der Waals surface area contributed by atoms with Crippen molar-refractivity contribution in [3.8, 4) is 11.1 Å². The lowest BCUT2D eigenvalue weighted by Gasteiger charge is -2.28. The van der Waals surface area contributed by atoms with E-state index >= 15 is 0 Å². The van der Waals surface area contributed by atoms with Crippen molar-refractivity contribution in [1.29, 1.82) is 0 Å². The number of barbiturate groups is 2. The molecular weight excluding hydrogens is 560 g/mol. The van der Waals surface area contributed by atoms with Crippen molar-refractivity contribution in [2.45, 2.75) is 25.7 Å². The molecule has 0 bridgehead atoms. The van der Waals surface area contributed by atoms with Crippen molar-refractivity contribution in [3.05, 3.63) is 75.4 Å². The highest BCUT2D eigenvalue weighted by Gasteiger charge is 2.42. The summed E-state index contributed by atoms with van der Waals surface area (Å²) >= 11 is 0. The normalized spacial score (nSPS) is 20.1. The number of urea groups is 2. The molecule has 0 radical (unpaired) electrons. The fourth-order valence-corrected chi connectivity index (χ4v) is 6.46. The molecule has 2 saturated carbocycles. The lowest BCUT2D eigenvalue weighted by atomic mass is 9.90. The molecule has 0 aromatic heterocycles. The second-order valence-electron chi connectivity index (χ2n) is 12.1. The van der Waals surface area contributed by atoms with Crippen LogP contribution in [0, 0.1) is 11.8 Å². The van der Waals surface area contributed by atoms with Crippen LogP contribution in [0.1, 0.15) is 47.9 Å². The molecule has 2 aromatic carbocycles. The number of allylic oxidation sites excluding steroid dienone is 1. The highest BCUT2D eigenvalue weighted by Crippen LogP contribution is 2.57. The predicted molar refractivity (Wildman–Crippen MR) is 161 cm³/mol. The van der Waals surface area contributed by atoms with Gasteiger partial charge in [0.1, 0.15) is 11.1 Å². The van der Waals surface area contributed by atoms with Gasteiger partial charge in [-0.05, 0) is 101 Å². The first-order valence-corrected chi connectivity index (χ1v) is 14.6. The van der Waals surface area contributed by atoms with E-state index in [4.69, 9.17) is 0 Å². The molecule has 3 aliphatic carbocycles. The van der Waals surface area contributed by atoms with E-state index < -0.39 is 35.7 Å². The van der Waals surface area contributed by atoms with Crippen molar-refractivity contribution in [2.24, 2.45) is 11.8 Å². The number of nitrogens with zero attached hydrogens (tertiary/aromatic N) is 4. The van der Waals surface area contributed by atoms with Crippen molar-refractivity contribution in [3.63, 3.8) is 0 Å². The van der Waals surface area contributed by atoms with Gasteiger partial charge in [-0.15, -0.1) is 0 Å². The zero-order chi connectivity index (χ0) is 31.2. The van der Waals surface area contributed by atoms with E-state index in [1.165, 1.54) is 33.8 Å². The third-order valence-electron chi connectivity index (χ3n) is 9.15. The van der Waals surface area contributed by atoms with E-state index in [1.807, 2.05) is 36.4 Å². The molecule has 10 heteroatoms. The van der Waals surface area contributed by atoms with E-state index in [0.29, 0.717) is 23.0 Å². The van der Waals surface area contributed by atoms with Crippen LogP contribution in [0.3, 0.4) is 0 Å². The van der Waals surface area contributed by atoms with Crippen LogP contribution in [0.2, 0.25) is 0 Å². The van der Waals surface area contributed by atoms with Gasteiger partial charge in [0.2, 0.25) is 0 Å². The fourth-order valence-electron chi connectivity index (χ4n) is 6.46. The molecule has 2 aliphatic heterocycles. The molecule has 2 heterocycles. The van der Waals surface area contributed by atoms with Crippen LogP contribution in [0.5, 0.6) is 0 Å². The number of imide groups is 4. The summed E-state index contributed by atoms with van der Waals surface area (Å²) in [6.07, 6.45) is 7.59. The average Bonchev–Trinajstić information content (AvgIpc) is 3.96. The van der Waals surface area contributed by atoms with Gasteiger partial charge in [-0.2, -0.15) is 0 Å². The monoisotopic (exact) mass is 590 g/mol. The summed E-state index contributed by atoms with van der Waals surface area (Å²) in [4.78, 5) is 79.7. The maximum Gasteiger partial charge on any atom is 0.333 e. The van der Waals surface area contributed by atoms with Gasteiger partial charge in [0.25, 0.3) is 23.6 Å². The molecule has 10 nitrogen and oxygen atoms in total. The molecule has 0 spiro atoms. The van der Waals surface area contributed by atoms with E-state index in [1.54, 1.807) is 12.2 Å². The average molecular weight is 591 g/mol. The molecule has 0 N–H and O–H groups in total. The largest absolute Gasteiger partial charge is 0.333 e. The molecule has 44 heavy (non-hydrogen) atoms. The van der Waals surface area contributed by atoms with Crippen LogP contribution >= 0.6 is 0 Å². The van der Waals surface area contributed by atoms with Crippen molar-refractivity contribution >= 4 is 53.4 Å². The Labute approximate surface area is 253 Å². The Bertz CT molecular complexity index is 1670. The molecule has 2 aromatic rings. The summed E-state index contributed by atoms with van der Waals surface area (Å²) in [5, 5.41) is 0. The topological polar surface area (TPSA) is 115 Å². The van der Waals surface area contributed by atoms with Crippen LogP contribution in [-0.2, 0) is 19.2 Å². The first-order chi connectivity index (χ1) is 21.0. The van der Waals surface area contributed by atoms with Crippen LogP contribution in [0.25, 0.3) is 28.9 Å². The van der Waals surface area contributed by atoms with Crippen molar-refractivity contribution in [1.82, 2.24) is 19.6 Å². The number of hydrogen-bond acceptors (Lipinski definition) is 6. The number of carbonyl (C=O) groups is 6. The van der Waals surface area contributed by atoms with Crippen molar-refractivity contribution in [2.75, 3.05) is 28.2 Å². The number of likely N-dealkylation sites (N-methyl/N-ethyl adjacent to an activating group) is 4. The molecule has 0 unspecified atom stereocenters. The Morgan fingerprint density at radius 3 is 1.20 bits per heavy atom. The minimum Gasteiger partial charge on any atom is -0.268 e. The minimum absolute atomic E-state index is 0.0793. The summed E-state index contributed by atoms with van der Waals surface area (Å²) in [6, 6.07) is 10.4. The van der Waals surface area contributed by atoms with E-state index in [0.717, 1.165) is 73.1 Å². The summed E-state index contributed by atoms with van der Waals surface area (Å²) in [7, 11) is 5.42. The van der Waals surface area contributed by atoms with E-state index in [2.05, 4.69) is 0 Å². The molecular formula is C34H30N4O6. The van der Waals surface area contributed by atoms with Gasteiger partial charge in [-0.3, -0.25) is 38.8 Å². The molecule has 4 fully saturated rings. The van der Waals surface area contributed by atoms with Crippen molar-refractivity contribution < 1.29 is 28.8 Å². The summed E-state index contributed by atoms with van der Waals surface area (Å²) in [5.41, 5.74) is 7.81. The van der Waals surface area contributed by atoms with Gasteiger partial charge >= 0.3 is 12.1 Å². The van der Waals surface area contributed by atoms with E-state index in [9.17, 15) is 28.8 Å². The SMILES string of the molecule is CN1C(=O)C(=Cc2ccc3c(c2)C(=C(C2CC2)C2CC2)c2cc(C=C4C(=O)N(C)C(=O)N(C)C4=O)ccc2-3)C(=O)N(C)C1=O. The Morgan fingerprint density at radius 1 is 0.545 bits per heavy atom. The summed E-state index contributed by atoms with van der Waals surface area (Å²) in [6.45, 7) is 0. The predicted octanol–water partition coefficient (Wildman–Crippen LogP) is 4.16. The number of rotatable bonds is 4. The van der Waals surface area contributed by atoms with Gasteiger partial charge in [0.05, 0.1) is 0 Å². The Balaban J connectivity index is 1.35. The summed E-state index contributed by atoms with van der Waals surface area (Å²) < 4.78 is 0. The lowest BCUT2D eigenvalue weighted by molar-refractivity contribution is -0.135. The Morgan fingerprint density at radius 2 is 0.886 bits per heavy atom. The van der Waals surface area contributed by atoms with Gasteiger partial charge < -0.3 is 0 Å². The smallest absolute Gasteiger partial charge is 0.268 e. The zero-order valence-corrected chi connectivity index (χ0v) is 24.8. The zero-order valence-electron chi connectivity index (χ0n) is 24.8. The third-order valence-corrected chi connectivity index (χ3v) is 9.15. The van der Waals surface area contributed by atoms with Crippen LogP contribution in [0.4, 0.5) is 9.59 Å². The first-order valence-electron chi connectivity index (χ1n) is 14.6. The van der Waals surface area contributed by atoms with E-state index in [-0.39, 0.29) is 11.1 Å². The Hall–Kier alpha value is -5.12. The molecule has 0 atom stereocenters. The van der Waals surface area contributed by atoms with Gasteiger partial charge in [0, 0.05) is 28.2 Å². The highest BCUT2D eigenvalue weighted by atomic mass is 16.2. The standard InChI is InChI=1S/C34H30N4O6/c1-35-29(39)25(30(40)36(2)33(35)43)15-17-5-11-21-22-12-6-18(16-26-31(41)37(3)34(44)38(4)32(26)42)14-24(22)28(23(21)13-17)27(19-7-8-19)20-9-10-20/h5-6,11-16,19-20H,7-10H2,1-4H3. The maximum atomic E-state index is 12.9. The van der Waals surface area contributed by atoms with Crippen LogP contribution in [-0.4, -0.2) is 83.5 Å². The Kier molecular flexibility index (Phi) is 6.11. The third kappa shape index (κ3) is 4.16. The number of carbonyl (C=O) groups excluding carboxylic acids is 6. The number of amides is 8. The first kappa shape index (κ1) is 27.7. The molecule has 7 rings (SSSR count).